The summed E-state index contributed by atoms with van der Waals surface area (Å²) in [5.41, 5.74) is 0.999. The minimum Gasteiger partial charge on any atom is -0.204 e. The van der Waals surface area contributed by atoms with Crippen LogP contribution in [-0.2, 0) is 0 Å². The van der Waals surface area contributed by atoms with Gasteiger partial charge in [0, 0.05) is 8.80 Å². The molecule has 0 bridgehead atoms. The lowest BCUT2D eigenvalue weighted by Gasteiger charge is -2.32. The van der Waals surface area contributed by atoms with E-state index < -0.39 is 11.6 Å². The topological polar surface area (TPSA) is 0 Å². The highest BCUT2D eigenvalue weighted by Crippen LogP contribution is 2.39. The summed E-state index contributed by atoms with van der Waals surface area (Å²) in [6.07, 6.45) is 15.0. The van der Waals surface area contributed by atoms with E-state index in [-0.39, 0.29) is 8.80 Å². The highest BCUT2D eigenvalue weighted by Gasteiger charge is 2.26. The molecule has 1 aliphatic heterocycles. The van der Waals surface area contributed by atoms with Crippen LogP contribution in [0.4, 0.5) is 8.78 Å². The number of benzene rings is 1. The predicted octanol–water partition coefficient (Wildman–Crippen LogP) is 7.85. The lowest BCUT2D eigenvalue weighted by molar-refractivity contribution is 0.280. The van der Waals surface area contributed by atoms with Crippen molar-refractivity contribution in [2.45, 2.75) is 102 Å². The molecule has 0 radical (unpaired) electrons. The van der Waals surface area contributed by atoms with Gasteiger partial charge in [-0.25, -0.2) is 8.78 Å². The van der Waals surface area contributed by atoms with E-state index in [0.29, 0.717) is 5.92 Å². The Hall–Kier alpha value is -0.703. The Morgan fingerprint density at radius 2 is 1.52 bits per heavy atom. The summed E-state index contributed by atoms with van der Waals surface area (Å²) in [6.45, 7) is 2.31. The summed E-state index contributed by atoms with van der Waals surface area (Å²) >= 11 is 0. The normalized spacial score (nSPS) is 29.0. The molecule has 0 spiro atoms. The van der Waals surface area contributed by atoms with E-state index in [2.05, 4.69) is 6.92 Å². The van der Waals surface area contributed by atoms with Crippen LogP contribution in [0.3, 0.4) is 0 Å². The number of halogens is 2. The first kappa shape index (κ1) is 21.0. The summed E-state index contributed by atoms with van der Waals surface area (Å²) in [7, 11) is -0.364. The van der Waals surface area contributed by atoms with Crippen molar-refractivity contribution < 1.29 is 8.78 Å². The molecule has 3 rings (SSSR count). The molecule has 1 aliphatic carbocycles. The van der Waals surface area contributed by atoms with Gasteiger partial charge in [-0.2, -0.15) is 0 Å². The molecule has 0 amide bonds. The van der Waals surface area contributed by atoms with Gasteiger partial charge in [-0.05, 0) is 61.1 Å². The molecule has 1 aromatic rings. The fourth-order valence-corrected chi connectivity index (χ4v) is 9.13. The van der Waals surface area contributed by atoms with Gasteiger partial charge in [0.2, 0.25) is 0 Å². The third-order valence-electron chi connectivity index (χ3n) is 7.43. The van der Waals surface area contributed by atoms with Gasteiger partial charge in [0.1, 0.15) is 0 Å². The van der Waals surface area contributed by atoms with E-state index in [4.69, 9.17) is 0 Å². The van der Waals surface area contributed by atoms with Gasteiger partial charge in [0.25, 0.3) is 0 Å². The maximum Gasteiger partial charge on any atom is 0.159 e. The zero-order chi connectivity index (χ0) is 19.1. The molecule has 1 saturated carbocycles. The molecular weight excluding hydrogens is 354 g/mol. The second-order valence-corrected chi connectivity index (χ2v) is 12.8. The summed E-state index contributed by atoms with van der Waals surface area (Å²) < 4.78 is 26.6. The highest BCUT2D eigenvalue weighted by atomic mass is 28.3. The number of hydrogen-bond acceptors (Lipinski definition) is 0. The molecule has 1 aromatic carbocycles. The Morgan fingerprint density at radius 1 is 0.852 bits per heavy atom. The first-order valence-electron chi connectivity index (χ1n) is 11.6. The van der Waals surface area contributed by atoms with Gasteiger partial charge in [-0.3, -0.25) is 0 Å². The maximum atomic E-state index is 13.5. The molecule has 3 heteroatoms. The smallest absolute Gasteiger partial charge is 0.159 e. The van der Waals surface area contributed by atoms with E-state index >= 15 is 0 Å². The lowest BCUT2D eigenvalue weighted by Crippen LogP contribution is -2.22. The van der Waals surface area contributed by atoms with Crippen molar-refractivity contribution in [1.82, 2.24) is 0 Å². The summed E-state index contributed by atoms with van der Waals surface area (Å²) in [6, 6.07) is 9.32. The third-order valence-corrected chi connectivity index (χ3v) is 11.0. The SMILES string of the molecule is CCCCC[Si@H]1CC[C@H](CCC2CCC(c3ccc(F)c(F)c3)CC2)CC1. The van der Waals surface area contributed by atoms with Gasteiger partial charge in [-0.1, -0.05) is 76.1 Å². The molecule has 1 heterocycles. The van der Waals surface area contributed by atoms with Crippen LogP contribution in [0.5, 0.6) is 0 Å². The van der Waals surface area contributed by atoms with Crippen molar-refractivity contribution in [3.05, 3.63) is 35.4 Å². The van der Waals surface area contributed by atoms with Gasteiger partial charge in [0.15, 0.2) is 11.6 Å². The Kier molecular flexibility index (Phi) is 8.36. The molecule has 152 valence electrons. The molecular formula is C24H38F2Si. The van der Waals surface area contributed by atoms with Crippen molar-refractivity contribution in [1.29, 1.82) is 0 Å². The van der Waals surface area contributed by atoms with Gasteiger partial charge in [0.05, 0.1) is 0 Å². The van der Waals surface area contributed by atoms with E-state index in [1.807, 2.05) is 0 Å². The first-order chi connectivity index (χ1) is 13.2. The fraction of sp³-hybridized carbons (Fsp3) is 0.750. The Morgan fingerprint density at radius 3 is 2.15 bits per heavy atom. The first-order valence-corrected chi connectivity index (χ1v) is 14.1. The average molecular weight is 393 g/mol. The van der Waals surface area contributed by atoms with Crippen LogP contribution in [0.25, 0.3) is 0 Å². The minimum absolute atomic E-state index is 0.364. The standard InChI is InChI=1S/C24H38F2Si/c1-2-3-4-15-27-16-13-20(14-17-27)6-5-19-7-9-21(10-8-19)22-11-12-23(25)24(26)18-22/h11-12,18-21,27H,2-10,13-17H2,1H3/t19?,20-,21?,27-. The highest BCUT2D eigenvalue weighted by molar-refractivity contribution is 6.58. The zero-order valence-corrected chi connectivity index (χ0v) is 18.4. The van der Waals surface area contributed by atoms with Crippen LogP contribution in [0.2, 0.25) is 18.1 Å². The van der Waals surface area contributed by atoms with Gasteiger partial charge < -0.3 is 0 Å². The molecule has 0 N–H and O–H groups in total. The van der Waals surface area contributed by atoms with Crippen molar-refractivity contribution >= 4 is 8.80 Å². The fourth-order valence-electron chi connectivity index (χ4n) is 5.51. The van der Waals surface area contributed by atoms with Gasteiger partial charge >= 0.3 is 0 Å². The number of hydrogen-bond donors (Lipinski definition) is 0. The Bertz CT molecular complexity index is 557. The minimum atomic E-state index is -0.726. The van der Waals surface area contributed by atoms with Crippen LogP contribution in [0.1, 0.15) is 89.0 Å². The number of rotatable bonds is 8. The Balaban J connectivity index is 1.32. The van der Waals surface area contributed by atoms with E-state index in [0.717, 1.165) is 30.2 Å². The monoisotopic (exact) mass is 392 g/mol. The molecule has 2 fully saturated rings. The lowest BCUT2D eigenvalue weighted by atomic mass is 9.76. The summed E-state index contributed by atoms with van der Waals surface area (Å²) in [5.74, 6) is 0.884. The molecule has 0 atom stereocenters. The average Bonchev–Trinajstić information content (AvgIpc) is 2.70. The van der Waals surface area contributed by atoms with Crippen LogP contribution in [-0.4, -0.2) is 8.80 Å². The maximum absolute atomic E-state index is 13.5. The number of unbranched alkanes of at least 4 members (excludes halogenated alkanes) is 2. The van der Waals surface area contributed by atoms with E-state index in [9.17, 15) is 8.78 Å². The molecule has 0 unspecified atom stereocenters. The largest absolute Gasteiger partial charge is 0.204 e. The molecule has 0 nitrogen and oxygen atoms in total. The van der Waals surface area contributed by atoms with E-state index in [1.54, 1.807) is 24.2 Å². The van der Waals surface area contributed by atoms with Gasteiger partial charge in [-0.15, -0.1) is 0 Å². The van der Waals surface area contributed by atoms with Crippen LogP contribution in [0.15, 0.2) is 18.2 Å². The quantitative estimate of drug-likeness (QED) is 0.312. The van der Waals surface area contributed by atoms with E-state index in [1.165, 1.54) is 69.9 Å². The van der Waals surface area contributed by atoms with Crippen molar-refractivity contribution in [2.75, 3.05) is 0 Å². The summed E-state index contributed by atoms with van der Waals surface area (Å²) in [4.78, 5) is 0. The predicted molar refractivity (Wildman–Crippen MR) is 114 cm³/mol. The second kappa shape index (κ2) is 10.7. The molecule has 0 aromatic heterocycles. The zero-order valence-electron chi connectivity index (χ0n) is 17.2. The van der Waals surface area contributed by atoms with Crippen LogP contribution < -0.4 is 0 Å². The Labute approximate surface area is 166 Å². The molecule has 27 heavy (non-hydrogen) atoms. The van der Waals surface area contributed by atoms with Crippen molar-refractivity contribution in [3.8, 4) is 0 Å². The third kappa shape index (κ3) is 6.41. The summed E-state index contributed by atoms with van der Waals surface area (Å²) in [5, 5.41) is 0. The van der Waals surface area contributed by atoms with Crippen LogP contribution >= 0.6 is 0 Å². The second-order valence-electron chi connectivity index (χ2n) is 9.35. The molecule has 2 aliphatic rings. The van der Waals surface area contributed by atoms with Crippen LogP contribution in [0, 0.1) is 23.5 Å². The molecule has 1 saturated heterocycles. The van der Waals surface area contributed by atoms with Crippen molar-refractivity contribution in [3.63, 3.8) is 0 Å². The van der Waals surface area contributed by atoms with Crippen molar-refractivity contribution in [2.24, 2.45) is 11.8 Å².